The lowest BCUT2D eigenvalue weighted by molar-refractivity contribution is -0.122. The molecule has 0 saturated carbocycles. The minimum absolute atomic E-state index is 0.178. The number of nitrogens with zero attached hydrogens (tertiary/aromatic N) is 1. The summed E-state index contributed by atoms with van der Waals surface area (Å²) < 4.78 is 12.1. The van der Waals surface area contributed by atoms with E-state index in [0.717, 1.165) is 10.5 Å². The lowest BCUT2D eigenvalue weighted by Crippen LogP contribution is -2.25. The number of benzene rings is 2. The number of amides is 4. The van der Waals surface area contributed by atoms with Crippen molar-refractivity contribution in [1.82, 2.24) is 10.2 Å². The Morgan fingerprint density at radius 1 is 1.19 bits per heavy atom. The van der Waals surface area contributed by atoms with E-state index in [9.17, 15) is 14.4 Å². The van der Waals surface area contributed by atoms with Crippen molar-refractivity contribution in [2.45, 2.75) is 13.8 Å². The first-order valence-corrected chi connectivity index (χ1v) is 10.6. The summed E-state index contributed by atoms with van der Waals surface area (Å²) in [6.45, 7) is 4.01. The first-order valence-electron chi connectivity index (χ1n) is 9.55. The quantitative estimate of drug-likeness (QED) is 0.321. The van der Waals surface area contributed by atoms with Gasteiger partial charge in [0, 0.05) is 12.7 Å². The fourth-order valence-electron chi connectivity index (χ4n) is 2.84. The molecule has 31 heavy (non-hydrogen) atoms. The number of likely N-dealkylation sites (N-methyl/N-ethyl adjacent to an activating group) is 1. The van der Waals surface area contributed by atoms with Gasteiger partial charge in [-0.25, -0.2) is 4.79 Å². The van der Waals surface area contributed by atoms with Crippen LogP contribution < -0.4 is 20.1 Å². The summed E-state index contributed by atoms with van der Waals surface area (Å²) in [5.41, 5.74) is 2.63. The second-order valence-corrected chi connectivity index (χ2v) is 7.98. The lowest BCUT2D eigenvalue weighted by Gasteiger charge is -2.15. The van der Waals surface area contributed by atoms with E-state index in [4.69, 9.17) is 9.47 Å². The zero-order chi connectivity index (χ0) is 22.5. The molecule has 0 unspecified atom stereocenters. The fourth-order valence-corrected chi connectivity index (χ4v) is 3.62. The molecule has 2 aromatic carbocycles. The number of urea groups is 1. The van der Waals surface area contributed by atoms with E-state index in [0.29, 0.717) is 32.9 Å². The van der Waals surface area contributed by atoms with E-state index >= 15 is 0 Å². The summed E-state index contributed by atoms with van der Waals surface area (Å²) in [6.07, 6.45) is 1.57. The number of imide groups is 1. The van der Waals surface area contributed by atoms with Gasteiger partial charge in [-0.1, -0.05) is 17.7 Å². The molecule has 1 aliphatic heterocycles. The molecule has 0 aliphatic carbocycles. The van der Waals surface area contributed by atoms with Crippen molar-refractivity contribution in [1.29, 1.82) is 0 Å². The minimum atomic E-state index is -0.476. The summed E-state index contributed by atoms with van der Waals surface area (Å²) in [6, 6.07) is 10.5. The smallest absolute Gasteiger partial charge is 0.328 e. The Balaban J connectivity index is 1.76. The Labute approximate surface area is 193 Å². The Bertz CT molecular complexity index is 1050. The predicted molar refractivity (Wildman–Crippen MR) is 125 cm³/mol. The highest BCUT2D eigenvalue weighted by Gasteiger charge is 2.30. The summed E-state index contributed by atoms with van der Waals surface area (Å²) in [5.74, 6) is 0.166. The Kier molecular flexibility index (Phi) is 7.16. The van der Waals surface area contributed by atoms with Gasteiger partial charge in [-0.2, -0.15) is 0 Å². The van der Waals surface area contributed by atoms with Gasteiger partial charge >= 0.3 is 6.03 Å². The zero-order valence-corrected chi connectivity index (χ0v) is 19.5. The van der Waals surface area contributed by atoms with Crippen LogP contribution in [-0.4, -0.2) is 43.0 Å². The largest absolute Gasteiger partial charge is 0.490 e. The monoisotopic (exact) mass is 535 g/mol. The number of anilines is 1. The fraction of sp³-hybridized carbons (Fsp3) is 0.227. The van der Waals surface area contributed by atoms with Crippen LogP contribution in [0, 0.1) is 10.5 Å². The third kappa shape index (κ3) is 5.54. The van der Waals surface area contributed by atoms with Gasteiger partial charge in [-0.3, -0.25) is 14.5 Å². The maximum Gasteiger partial charge on any atom is 0.328 e. The Morgan fingerprint density at radius 2 is 1.90 bits per heavy atom. The molecule has 1 aliphatic rings. The average Bonchev–Trinajstić information content (AvgIpc) is 2.96. The van der Waals surface area contributed by atoms with E-state index in [1.54, 1.807) is 18.2 Å². The molecule has 0 aromatic heterocycles. The maximum absolute atomic E-state index is 12.3. The molecule has 3 rings (SSSR count). The number of halogens is 1. The SMILES string of the molecule is CCOc1cc(/C=C2/NC(=O)N(C)C2=O)cc(I)c1OCC(=O)Nc1ccc(C)cc1. The van der Waals surface area contributed by atoms with Crippen molar-refractivity contribution < 1.29 is 23.9 Å². The van der Waals surface area contributed by atoms with Gasteiger partial charge in [0.1, 0.15) is 5.70 Å². The molecule has 0 spiro atoms. The normalized spacial score (nSPS) is 14.6. The zero-order valence-electron chi connectivity index (χ0n) is 17.3. The van der Waals surface area contributed by atoms with Crippen LogP contribution in [0.25, 0.3) is 6.08 Å². The van der Waals surface area contributed by atoms with E-state index in [-0.39, 0.29) is 18.2 Å². The molecule has 162 valence electrons. The van der Waals surface area contributed by atoms with E-state index < -0.39 is 11.9 Å². The Morgan fingerprint density at radius 3 is 2.52 bits per heavy atom. The van der Waals surface area contributed by atoms with E-state index in [1.807, 2.05) is 38.1 Å². The molecule has 2 N–H and O–H groups in total. The number of hydrogen-bond acceptors (Lipinski definition) is 5. The standard InChI is InChI=1S/C22H22IN3O5/c1-4-30-18-11-14(10-17-21(28)26(3)22(29)25-17)9-16(23)20(18)31-12-19(27)24-15-7-5-13(2)6-8-15/h5-11H,4,12H2,1-3H3,(H,24,27)(H,25,29)/b17-10+. The van der Waals surface area contributed by atoms with Gasteiger partial charge in [-0.05, 0) is 72.3 Å². The van der Waals surface area contributed by atoms with Crippen molar-refractivity contribution in [2.75, 3.05) is 25.6 Å². The summed E-state index contributed by atoms with van der Waals surface area (Å²) in [5, 5.41) is 5.31. The first kappa shape index (κ1) is 22.6. The molecular formula is C22H22IN3O5. The highest BCUT2D eigenvalue weighted by atomic mass is 127. The van der Waals surface area contributed by atoms with Gasteiger partial charge in [0.15, 0.2) is 18.1 Å². The molecular weight excluding hydrogens is 513 g/mol. The molecule has 1 heterocycles. The third-order valence-electron chi connectivity index (χ3n) is 4.41. The summed E-state index contributed by atoms with van der Waals surface area (Å²) >= 11 is 2.08. The van der Waals surface area contributed by atoms with Crippen molar-refractivity contribution in [3.8, 4) is 11.5 Å². The van der Waals surface area contributed by atoms with Crippen LogP contribution >= 0.6 is 22.6 Å². The number of aryl methyl sites for hydroxylation is 1. The second kappa shape index (κ2) is 9.82. The van der Waals surface area contributed by atoms with Crippen LogP contribution in [0.15, 0.2) is 42.1 Å². The Hall–Kier alpha value is -3.08. The average molecular weight is 535 g/mol. The number of carbonyl (C=O) groups is 3. The number of hydrogen-bond donors (Lipinski definition) is 2. The van der Waals surface area contributed by atoms with E-state index in [1.165, 1.54) is 7.05 Å². The van der Waals surface area contributed by atoms with Crippen LogP contribution in [-0.2, 0) is 9.59 Å². The second-order valence-electron chi connectivity index (χ2n) is 6.82. The van der Waals surface area contributed by atoms with Crippen molar-refractivity contribution in [2.24, 2.45) is 0 Å². The molecule has 1 fully saturated rings. The molecule has 1 saturated heterocycles. The highest BCUT2D eigenvalue weighted by molar-refractivity contribution is 14.1. The first-order chi connectivity index (χ1) is 14.8. The number of nitrogens with one attached hydrogen (secondary N) is 2. The number of ether oxygens (including phenoxy) is 2. The maximum atomic E-state index is 12.3. The lowest BCUT2D eigenvalue weighted by atomic mass is 10.1. The van der Waals surface area contributed by atoms with Crippen molar-refractivity contribution in [3.63, 3.8) is 0 Å². The molecule has 2 aromatic rings. The van der Waals surface area contributed by atoms with Crippen LogP contribution in [0.1, 0.15) is 18.1 Å². The topological polar surface area (TPSA) is 97.0 Å². The van der Waals surface area contributed by atoms with Gasteiger partial charge < -0.3 is 20.1 Å². The van der Waals surface area contributed by atoms with Gasteiger partial charge in [0.25, 0.3) is 11.8 Å². The highest BCUT2D eigenvalue weighted by Crippen LogP contribution is 2.35. The van der Waals surface area contributed by atoms with Crippen LogP contribution in [0.5, 0.6) is 11.5 Å². The van der Waals surface area contributed by atoms with Gasteiger partial charge in [0.2, 0.25) is 0 Å². The van der Waals surface area contributed by atoms with Gasteiger partial charge in [0.05, 0.1) is 10.2 Å². The summed E-state index contributed by atoms with van der Waals surface area (Å²) in [4.78, 5) is 37.0. The van der Waals surface area contributed by atoms with Crippen molar-refractivity contribution in [3.05, 3.63) is 56.8 Å². The van der Waals surface area contributed by atoms with Crippen LogP contribution in [0.3, 0.4) is 0 Å². The summed E-state index contributed by atoms with van der Waals surface area (Å²) in [7, 11) is 1.41. The third-order valence-corrected chi connectivity index (χ3v) is 5.21. The van der Waals surface area contributed by atoms with Gasteiger partial charge in [-0.15, -0.1) is 0 Å². The van der Waals surface area contributed by atoms with E-state index in [2.05, 4.69) is 33.2 Å². The number of rotatable bonds is 7. The predicted octanol–water partition coefficient (Wildman–Crippen LogP) is 3.54. The minimum Gasteiger partial charge on any atom is -0.490 e. The number of carbonyl (C=O) groups excluding carboxylic acids is 3. The molecule has 8 nitrogen and oxygen atoms in total. The molecule has 9 heteroatoms. The molecule has 0 atom stereocenters. The molecule has 0 radical (unpaired) electrons. The van der Waals surface area contributed by atoms with Crippen molar-refractivity contribution >= 4 is 52.2 Å². The van der Waals surface area contributed by atoms with Crippen LogP contribution in [0.4, 0.5) is 10.5 Å². The molecule has 0 bridgehead atoms. The van der Waals surface area contributed by atoms with Crippen LogP contribution in [0.2, 0.25) is 0 Å². The molecule has 4 amide bonds.